The van der Waals surface area contributed by atoms with Gasteiger partial charge in [-0.25, -0.2) is 0 Å². The second-order valence-electron chi connectivity index (χ2n) is 6.32. The highest BCUT2D eigenvalue weighted by molar-refractivity contribution is 5.95. The van der Waals surface area contributed by atoms with Crippen molar-refractivity contribution >= 4 is 11.8 Å². The van der Waals surface area contributed by atoms with Gasteiger partial charge in [0.05, 0.1) is 6.54 Å². The van der Waals surface area contributed by atoms with E-state index in [2.05, 4.69) is 10.4 Å². The number of hydrogen-bond donors (Lipinski definition) is 1. The minimum absolute atomic E-state index is 0.000677. The topological polar surface area (TPSA) is 67.2 Å². The van der Waals surface area contributed by atoms with Crippen LogP contribution in [-0.4, -0.2) is 45.6 Å². The maximum absolute atomic E-state index is 12.5. The SMILES string of the molecule is Cn1nccc1CCN1CC(=O)NC(C(C)(C)C)C1=O. The van der Waals surface area contributed by atoms with Crippen LogP contribution in [0.25, 0.3) is 0 Å². The third-order valence-corrected chi connectivity index (χ3v) is 3.62. The van der Waals surface area contributed by atoms with E-state index in [9.17, 15) is 9.59 Å². The molecule has 1 aliphatic rings. The first-order valence-corrected chi connectivity index (χ1v) is 6.84. The fraction of sp³-hybridized carbons (Fsp3) is 0.643. The zero-order chi connectivity index (χ0) is 14.9. The van der Waals surface area contributed by atoms with Gasteiger partial charge < -0.3 is 10.2 Å². The lowest BCUT2D eigenvalue weighted by atomic mass is 9.84. The molecule has 0 aliphatic carbocycles. The summed E-state index contributed by atoms with van der Waals surface area (Å²) in [4.78, 5) is 25.9. The van der Waals surface area contributed by atoms with Gasteiger partial charge in [0.2, 0.25) is 11.8 Å². The molecule has 1 unspecified atom stereocenters. The highest BCUT2D eigenvalue weighted by Crippen LogP contribution is 2.23. The van der Waals surface area contributed by atoms with Gasteiger partial charge in [0.1, 0.15) is 6.04 Å². The van der Waals surface area contributed by atoms with Crippen molar-refractivity contribution in [3.63, 3.8) is 0 Å². The summed E-state index contributed by atoms with van der Waals surface area (Å²) in [5.41, 5.74) is 0.772. The van der Waals surface area contributed by atoms with Gasteiger partial charge in [0.25, 0.3) is 0 Å². The van der Waals surface area contributed by atoms with Gasteiger partial charge in [0.15, 0.2) is 0 Å². The lowest BCUT2D eigenvalue weighted by Gasteiger charge is -2.38. The standard InChI is InChI=1S/C14H22N4O2/c1-14(2,3)12-13(20)18(9-11(19)16-12)8-6-10-5-7-15-17(10)4/h5,7,12H,6,8-9H2,1-4H3,(H,16,19). The van der Waals surface area contributed by atoms with E-state index in [0.717, 1.165) is 5.69 Å². The average Bonchev–Trinajstić information content (AvgIpc) is 2.74. The average molecular weight is 278 g/mol. The number of nitrogens with one attached hydrogen (secondary N) is 1. The van der Waals surface area contributed by atoms with Crippen molar-refractivity contribution in [2.75, 3.05) is 13.1 Å². The van der Waals surface area contributed by atoms with E-state index in [1.807, 2.05) is 33.9 Å². The Hall–Kier alpha value is -1.85. The molecule has 1 aliphatic heterocycles. The van der Waals surface area contributed by atoms with E-state index in [-0.39, 0.29) is 23.8 Å². The first-order valence-electron chi connectivity index (χ1n) is 6.84. The predicted octanol–water partition coefficient (Wildman–Crippen LogP) is 0.336. The smallest absolute Gasteiger partial charge is 0.246 e. The van der Waals surface area contributed by atoms with Gasteiger partial charge in [-0.3, -0.25) is 14.3 Å². The van der Waals surface area contributed by atoms with Crippen LogP contribution >= 0.6 is 0 Å². The van der Waals surface area contributed by atoms with Crippen LogP contribution in [0.15, 0.2) is 12.3 Å². The summed E-state index contributed by atoms with van der Waals surface area (Å²) in [6.45, 7) is 6.56. The van der Waals surface area contributed by atoms with Crippen molar-refractivity contribution in [2.45, 2.75) is 33.2 Å². The van der Waals surface area contributed by atoms with Gasteiger partial charge in [-0.05, 0) is 11.5 Å². The van der Waals surface area contributed by atoms with Gasteiger partial charge >= 0.3 is 0 Å². The highest BCUT2D eigenvalue weighted by Gasteiger charge is 2.39. The Morgan fingerprint density at radius 3 is 2.65 bits per heavy atom. The van der Waals surface area contributed by atoms with Crippen LogP contribution in [0.5, 0.6) is 0 Å². The molecule has 6 nitrogen and oxygen atoms in total. The van der Waals surface area contributed by atoms with Gasteiger partial charge in [-0.15, -0.1) is 0 Å². The van der Waals surface area contributed by atoms with Gasteiger partial charge in [0, 0.05) is 31.9 Å². The van der Waals surface area contributed by atoms with E-state index < -0.39 is 6.04 Å². The van der Waals surface area contributed by atoms with Crippen molar-refractivity contribution in [2.24, 2.45) is 12.5 Å². The molecule has 1 N–H and O–H groups in total. The zero-order valence-corrected chi connectivity index (χ0v) is 12.5. The summed E-state index contributed by atoms with van der Waals surface area (Å²) < 4.78 is 1.79. The Morgan fingerprint density at radius 2 is 2.10 bits per heavy atom. The number of piperazine rings is 1. The summed E-state index contributed by atoms with van der Waals surface area (Å²) in [6, 6.07) is 1.48. The van der Waals surface area contributed by atoms with Crippen LogP contribution in [0.2, 0.25) is 0 Å². The Balaban J connectivity index is 2.05. The zero-order valence-electron chi connectivity index (χ0n) is 12.5. The summed E-state index contributed by atoms with van der Waals surface area (Å²) in [6.07, 6.45) is 2.43. The molecule has 2 amide bonds. The Labute approximate surface area is 119 Å². The molecule has 0 aromatic carbocycles. The molecule has 2 heterocycles. The maximum atomic E-state index is 12.5. The molecular formula is C14H22N4O2. The van der Waals surface area contributed by atoms with Crippen LogP contribution in [0, 0.1) is 5.41 Å². The molecule has 0 spiro atoms. The normalized spacial score (nSPS) is 20.2. The van der Waals surface area contributed by atoms with Crippen LogP contribution in [0.1, 0.15) is 26.5 Å². The quantitative estimate of drug-likeness (QED) is 0.866. The lowest BCUT2D eigenvalue weighted by molar-refractivity contribution is -0.147. The Morgan fingerprint density at radius 1 is 1.40 bits per heavy atom. The number of hydrogen-bond acceptors (Lipinski definition) is 3. The van der Waals surface area contributed by atoms with E-state index in [1.54, 1.807) is 15.8 Å². The van der Waals surface area contributed by atoms with E-state index >= 15 is 0 Å². The molecule has 110 valence electrons. The Kier molecular flexibility index (Phi) is 3.83. The molecule has 0 saturated carbocycles. The number of nitrogens with zero attached hydrogens (tertiary/aromatic N) is 3. The van der Waals surface area contributed by atoms with E-state index in [4.69, 9.17) is 0 Å². The molecule has 1 saturated heterocycles. The number of rotatable bonds is 3. The fourth-order valence-corrected chi connectivity index (χ4v) is 2.37. The number of carbonyl (C=O) groups is 2. The number of carbonyl (C=O) groups excluding carboxylic acids is 2. The predicted molar refractivity (Wildman–Crippen MR) is 74.9 cm³/mol. The van der Waals surface area contributed by atoms with Crippen LogP contribution in [-0.2, 0) is 23.1 Å². The summed E-state index contributed by atoms with van der Waals surface area (Å²) in [7, 11) is 1.87. The molecule has 1 atom stereocenters. The van der Waals surface area contributed by atoms with Crippen molar-refractivity contribution in [1.29, 1.82) is 0 Å². The maximum Gasteiger partial charge on any atom is 0.246 e. The fourth-order valence-electron chi connectivity index (χ4n) is 2.37. The molecule has 1 fully saturated rings. The lowest BCUT2D eigenvalue weighted by Crippen LogP contribution is -2.62. The minimum Gasteiger partial charge on any atom is -0.342 e. The second kappa shape index (κ2) is 5.26. The van der Waals surface area contributed by atoms with Crippen molar-refractivity contribution in [1.82, 2.24) is 20.0 Å². The van der Waals surface area contributed by atoms with Crippen LogP contribution < -0.4 is 5.32 Å². The van der Waals surface area contributed by atoms with Crippen LogP contribution in [0.4, 0.5) is 0 Å². The largest absolute Gasteiger partial charge is 0.342 e. The highest BCUT2D eigenvalue weighted by atomic mass is 16.2. The number of amides is 2. The van der Waals surface area contributed by atoms with Gasteiger partial charge in [-0.1, -0.05) is 20.8 Å². The van der Waals surface area contributed by atoms with Crippen molar-refractivity contribution in [3.8, 4) is 0 Å². The monoisotopic (exact) mass is 278 g/mol. The van der Waals surface area contributed by atoms with Crippen molar-refractivity contribution < 1.29 is 9.59 Å². The first-order chi connectivity index (χ1) is 9.29. The molecule has 0 bridgehead atoms. The first kappa shape index (κ1) is 14.6. The summed E-state index contributed by atoms with van der Waals surface area (Å²) in [5.74, 6) is -0.0891. The molecular weight excluding hydrogens is 256 g/mol. The molecule has 2 rings (SSSR count). The third-order valence-electron chi connectivity index (χ3n) is 3.62. The summed E-state index contributed by atoms with van der Waals surface area (Å²) in [5, 5.41) is 6.90. The molecule has 1 aromatic rings. The summed E-state index contributed by atoms with van der Waals surface area (Å²) >= 11 is 0. The number of aromatic nitrogens is 2. The van der Waals surface area contributed by atoms with Crippen LogP contribution in [0.3, 0.4) is 0 Å². The van der Waals surface area contributed by atoms with E-state index in [1.165, 1.54) is 0 Å². The van der Waals surface area contributed by atoms with Crippen molar-refractivity contribution in [3.05, 3.63) is 18.0 Å². The van der Waals surface area contributed by atoms with Gasteiger partial charge in [-0.2, -0.15) is 5.10 Å². The minimum atomic E-state index is -0.449. The molecule has 1 aromatic heterocycles. The third kappa shape index (κ3) is 3.00. The van der Waals surface area contributed by atoms with E-state index in [0.29, 0.717) is 13.0 Å². The second-order valence-corrected chi connectivity index (χ2v) is 6.32. The number of aryl methyl sites for hydroxylation is 1. The Bertz CT molecular complexity index is 515. The molecule has 6 heteroatoms. The molecule has 0 radical (unpaired) electrons. The molecule has 20 heavy (non-hydrogen) atoms.